The van der Waals surface area contributed by atoms with Gasteiger partial charge in [-0.25, -0.2) is 14.6 Å². The zero-order valence-corrected chi connectivity index (χ0v) is 26.3. The van der Waals surface area contributed by atoms with Crippen LogP contribution >= 0.6 is 23.2 Å². The van der Waals surface area contributed by atoms with Gasteiger partial charge in [-0.1, -0.05) is 71.7 Å². The number of anilines is 1. The number of ether oxygens (including phenoxy) is 1. The van der Waals surface area contributed by atoms with Crippen LogP contribution in [0.4, 0.5) is 14.9 Å². The molecule has 0 saturated heterocycles. The van der Waals surface area contributed by atoms with Gasteiger partial charge in [-0.3, -0.25) is 19.7 Å². The summed E-state index contributed by atoms with van der Waals surface area (Å²) in [4.78, 5) is 33.4. The second-order valence-electron chi connectivity index (χ2n) is 11.0. The molecular weight excluding hydrogens is 628 g/mol. The van der Waals surface area contributed by atoms with Gasteiger partial charge in [-0.05, 0) is 72.2 Å². The number of nitrogens with one attached hydrogen (secondary N) is 2. The minimum atomic E-state index is -0.880. The number of carbonyl (C=O) groups excluding carboxylic acids is 2. The molecule has 2 amide bonds. The molecule has 2 unspecified atom stereocenters. The highest BCUT2D eigenvalue weighted by atomic mass is 35.5. The van der Waals surface area contributed by atoms with E-state index in [0.717, 1.165) is 5.56 Å². The quantitative estimate of drug-likeness (QED) is 0.221. The highest BCUT2D eigenvalue weighted by molar-refractivity contribution is 6.36. The molecule has 234 valence electrons. The number of nitrogens with zero attached hydrogens (tertiary/aromatic N) is 3. The smallest absolute Gasteiger partial charge is 0.410 e. The van der Waals surface area contributed by atoms with Crippen molar-refractivity contribution in [2.24, 2.45) is 0 Å². The van der Waals surface area contributed by atoms with Crippen LogP contribution in [0.25, 0.3) is 6.08 Å². The topological polar surface area (TPSA) is 86.8 Å². The number of hydrazine groups is 1. The molecular formula is C35H30Cl2FN5O3. The fraction of sp³-hybridized carbons (Fsp3) is 0.171. The van der Waals surface area contributed by atoms with Crippen molar-refractivity contribution in [3.63, 3.8) is 0 Å². The average Bonchev–Trinajstić information content (AvgIpc) is 3.45. The van der Waals surface area contributed by atoms with Crippen molar-refractivity contribution in [2.75, 3.05) is 18.1 Å². The number of pyridine rings is 1. The van der Waals surface area contributed by atoms with Crippen LogP contribution in [0.5, 0.6) is 0 Å². The van der Waals surface area contributed by atoms with Gasteiger partial charge in [0.15, 0.2) is 0 Å². The van der Waals surface area contributed by atoms with E-state index in [2.05, 4.69) is 15.7 Å². The molecule has 0 saturated carbocycles. The molecule has 3 aromatic carbocycles. The fourth-order valence-corrected chi connectivity index (χ4v) is 5.99. The van der Waals surface area contributed by atoms with Crippen LogP contribution in [0.15, 0.2) is 114 Å². The Balaban J connectivity index is 1.40. The summed E-state index contributed by atoms with van der Waals surface area (Å²) in [7, 11) is 0. The minimum Gasteiger partial charge on any atom is -0.445 e. The number of amides is 2. The highest BCUT2D eigenvalue weighted by Gasteiger charge is 2.43. The number of aromatic nitrogens is 1. The molecule has 2 N–H and O–H groups in total. The van der Waals surface area contributed by atoms with Crippen LogP contribution in [0.1, 0.15) is 29.8 Å². The predicted molar refractivity (Wildman–Crippen MR) is 176 cm³/mol. The normalized spacial score (nSPS) is 17.6. The number of rotatable bonds is 7. The van der Waals surface area contributed by atoms with Gasteiger partial charge in [0.2, 0.25) is 5.91 Å². The zero-order valence-electron chi connectivity index (χ0n) is 24.8. The Morgan fingerprint density at radius 1 is 1.04 bits per heavy atom. The Morgan fingerprint density at radius 3 is 2.52 bits per heavy atom. The van der Waals surface area contributed by atoms with Crippen LogP contribution < -0.4 is 15.8 Å². The third-order valence-electron chi connectivity index (χ3n) is 7.74. The number of halogens is 3. The second kappa shape index (κ2) is 13.7. The summed E-state index contributed by atoms with van der Waals surface area (Å²) in [6, 6.07) is 24.8. The van der Waals surface area contributed by atoms with Crippen LogP contribution in [-0.4, -0.2) is 41.0 Å². The molecule has 11 heteroatoms. The maximum Gasteiger partial charge on any atom is 0.410 e. The molecule has 2 atom stereocenters. The fourth-order valence-electron chi connectivity index (χ4n) is 5.50. The SMILES string of the molecule is CC(NC(=O)C1NN(c2ccc(Cl)cc2Cl)C2=C1CN(C(=O)OCc1ccccc1)C/C2=C\c1ccc(F)cc1)c1ccccn1. The standard InChI is InChI=1S/C35H30Cl2FN5O3/c1-22(30-9-5-6-16-39-30)40-34(44)32-28-20-42(35(45)46-21-24-7-3-2-4-8-24)19-25(17-23-10-13-27(38)14-11-23)33(28)43(41-32)31-15-12-26(36)18-29(31)37/h2-18,22,32,41H,19-21H2,1H3,(H,40,44)/b25-17+. The number of hydrogen-bond acceptors (Lipinski definition) is 6. The van der Waals surface area contributed by atoms with Gasteiger partial charge >= 0.3 is 6.09 Å². The lowest BCUT2D eigenvalue weighted by Crippen LogP contribution is -2.48. The molecule has 0 fully saturated rings. The molecule has 1 aromatic heterocycles. The molecule has 8 nitrogen and oxygen atoms in total. The van der Waals surface area contributed by atoms with Crippen LogP contribution in [0, 0.1) is 5.82 Å². The van der Waals surface area contributed by atoms with Crippen molar-refractivity contribution >= 4 is 47.0 Å². The van der Waals surface area contributed by atoms with E-state index in [1.165, 1.54) is 12.1 Å². The van der Waals surface area contributed by atoms with Gasteiger partial charge in [0.05, 0.1) is 34.7 Å². The Bertz CT molecular complexity index is 1800. The molecule has 6 rings (SSSR count). The number of benzene rings is 3. The summed E-state index contributed by atoms with van der Waals surface area (Å²) < 4.78 is 19.5. The monoisotopic (exact) mass is 657 g/mol. The van der Waals surface area contributed by atoms with E-state index < -0.39 is 18.2 Å². The van der Waals surface area contributed by atoms with Crippen molar-refractivity contribution in [3.8, 4) is 0 Å². The molecule has 0 bridgehead atoms. The molecule has 4 aromatic rings. The predicted octanol–water partition coefficient (Wildman–Crippen LogP) is 7.09. The average molecular weight is 659 g/mol. The third kappa shape index (κ3) is 6.92. The van der Waals surface area contributed by atoms with E-state index in [0.29, 0.717) is 43.8 Å². The molecule has 0 aliphatic carbocycles. The Labute approximate surface area is 276 Å². The van der Waals surface area contributed by atoms with E-state index in [1.54, 1.807) is 46.4 Å². The molecule has 0 radical (unpaired) electrons. The van der Waals surface area contributed by atoms with Gasteiger partial charge in [0.25, 0.3) is 0 Å². The summed E-state index contributed by atoms with van der Waals surface area (Å²) in [6.07, 6.45) is 2.99. The van der Waals surface area contributed by atoms with Gasteiger partial charge in [-0.15, -0.1) is 0 Å². The van der Waals surface area contributed by atoms with Gasteiger partial charge < -0.3 is 10.1 Å². The molecule has 3 heterocycles. The van der Waals surface area contributed by atoms with E-state index in [-0.39, 0.29) is 31.4 Å². The maximum atomic E-state index is 14.0. The van der Waals surface area contributed by atoms with Crippen molar-refractivity contribution < 1.29 is 18.7 Å². The van der Waals surface area contributed by atoms with E-state index >= 15 is 0 Å². The highest BCUT2D eigenvalue weighted by Crippen LogP contribution is 2.40. The molecule has 2 aliphatic rings. The molecule has 2 aliphatic heterocycles. The largest absolute Gasteiger partial charge is 0.445 e. The van der Waals surface area contributed by atoms with E-state index in [4.69, 9.17) is 27.9 Å². The Morgan fingerprint density at radius 2 is 1.80 bits per heavy atom. The third-order valence-corrected chi connectivity index (χ3v) is 8.28. The molecule has 0 spiro atoms. The summed E-state index contributed by atoms with van der Waals surface area (Å²) in [5, 5.41) is 5.63. The summed E-state index contributed by atoms with van der Waals surface area (Å²) in [5.74, 6) is -0.688. The first-order valence-corrected chi connectivity index (χ1v) is 15.4. The van der Waals surface area contributed by atoms with Crippen molar-refractivity contribution in [1.29, 1.82) is 0 Å². The first-order valence-electron chi connectivity index (χ1n) is 14.6. The minimum absolute atomic E-state index is 0.0926. The zero-order chi connectivity index (χ0) is 32.2. The van der Waals surface area contributed by atoms with E-state index in [1.807, 2.05) is 61.5 Å². The molecule has 46 heavy (non-hydrogen) atoms. The van der Waals surface area contributed by atoms with Gasteiger partial charge in [-0.2, -0.15) is 0 Å². The lowest BCUT2D eigenvalue weighted by molar-refractivity contribution is -0.122. The van der Waals surface area contributed by atoms with Crippen LogP contribution in [-0.2, 0) is 16.1 Å². The number of hydrogen-bond donors (Lipinski definition) is 2. The number of carbonyl (C=O) groups is 2. The first kappa shape index (κ1) is 31.3. The second-order valence-corrected chi connectivity index (χ2v) is 11.8. The Kier molecular flexibility index (Phi) is 9.35. The lowest BCUT2D eigenvalue weighted by atomic mass is 9.95. The first-order chi connectivity index (χ1) is 22.3. The van der Waals surface area contributed by atoms with Crippen LogP contribution in [0.3, 0.4) is 0 Å². The van der Waals surface area contributed by atoms with Gasteiger partial charge in [0.1, 0.15) is 18.5 Å². The Hall–Kier alpha value is -4.70. The van der Waals surface area contributed by atoms with Crippen LogP contribution in [0.2, 0.25) is 10.0 Å². The van der Waals surface area contributed by atoms with Crippen molar-refractivity contribution in [3.05, 3.63) is 147 Å². The van der Waals surface area contributed by atoms with E-state index in [9.17, 15) is 14.0 Å². The maximum absolute atomic E-state index is 14.0. The van der Waals surface area contributed by atoms with Crippen molar-refractivity contribution in [2.45, 2.75) is 25.6 Å². The summed E-state index contributed by atoms with van der Waals surface area (Å²) in [5.41, 5.74) is 8.15. The van der Waals surface area contributed by atoms with Gasteiger partial charge in [0, 0.05) is 23.3 Å². The summed E-state index contributed by atoms with van der Waals surface area (Å²) >= 11 is 12.9. The summed E-state index contributed by atoms with van der Waals surface area (Å²) in [6.45, 7) is 2.21. The van der Waals surface area contributed by atoms with Crippen molar-refractivity contribution in [1.82, 2.24) is 20.6 Å². The lowest BCUT2D eigenvalue weighted by Gasteiger charge is -2.32.